The Kier molecular flexibility index (Phi) is 6.52. The van der Waals surface area contributed by atoms with Crippen LogP contribution in [0.2, 0.25) is 0 Å². The van der Waals surface area contributed by atoms with Gasteiger partial charge in [0.1, 0.15) is 23.0 Å². The summed E-state index contributed by atoms with van der Waals surface area (Å²) in [7, 11) is 0. The van der Waals surface area contributed by atoms with E-state index in [0.717, 1.165) is 35.8 Å². The first-order chi connectivity index (χ1) is 17.4. The number of benzene rings is 3. The lowest BCUT2D eigenvalue weighted by atomic mass is 10.1. The van der Waals surface area contributed by atoms with Crippen LogP contribution < -0.4 is 31.2 Å². The van der Waals surface area contributed by atoms with Gasteiger partial charge in [0, 0.05) is 24.8 Å². The molecule has 8 nitrogen and oxygen atoms in total. The van der Waals surface area contributed by atoms with E-state index in [1.807, 2.05) is 43.3 Å². The van der Waals surface area contributed by atoms with Gasteiger partial charge in [-0.1, -0.05) is 30.3 Å². The Labute approximate surface area is 210 Å². The molecule has 0 bridgehead atoms. The van der Waals surface area contributed by atoms with E-state index in [1.165, 1.54) is 11.1 Å². The number of amides is 1. The van der Waals surface area contributed by atoms with Gasteiger partial charge in [-0.25, -0.2) is 4.99 Å². The van der Waals surface area contributed by atoms with Crippen molar-refractivity contribution in [2.24, 2.45) is 10.7 Å². The number of anilines is 2. The molecule has 36 heavy (non-hydrogen) atoms. The van der Waals surface area contributed by atoms with Gasteiger partial charge in [0.25, 0.3) is 5.91 Å². The molecule has 8 heteroatoms. The summed E-state index contributed by atoms with van der Waals surface area (Å²) in [4.78, 5) is 16.4. The predicted octanol–water partition coefficient (Wildman–Crippen LogP) is 4.64. The van der Waals surface area contributed by atoms with Crippen LogP contribution in [-0.4, -0.2) is 24.0 Å². The lowest BCUT2D eigenvalue weighted by Gasteiger charge is -2.24. The molecule has 3 atom stereocenters. The van der Waals surface area contributed by atoms with Crippen molar-refractivity contribution in [2.75, 3.05) is 10.6 Å². The third kappa shape index (κ3) is 5.13. The number of aliphatic imine (C=N–C) groups is 1. The van der Waals surface area contributed by atoms with E-state index in [0.29, 0.717) is 17.3 Å². The second-order valence-corrected chi connectivity index (χ2v) is 9.27. The third-order valence-electron chi connectivity index (χ3n) is 6.42. The van der Waals surface area contributed by atoms with Crippen LogP contribution in [0.3, 0.4) is 0 Å². The van der Waals surface area contributed by atoms with Crippen LogP contribution in [0.1, 0.15) is 43.5 Å². The van der Waals surface area contributed by atoms with Crippen LogP contribution in [0.5, 0.6) is 11.5 Å². The zero-order chi connectivity index (χ0) is 25.2. The number of amidine groups is 1. The standard InChI is InChI=1S/C28H31N5O3/c1-16(31-22-9-11-26-24(13-22)33-28(34)18(3)36-26)21-7-4-19(5-8-21)14-30-15-20-6-10-25-23(12-20)32-27(29)17(2)35-25/h4-13,16-18,30-31H,14-15H2,1-3H3,(H2,29,32)(H,33,34). The number of nitrogens with zero attached hydrogens (tertiary/aromatic N) is 1. The van der Waals surface area contributed by atoms with Crippen molar-refractivity contribution in [3.63, 3.8) is 0 Å². The number of hydrogen-bond acceptors (Lipinski definition) is 7. The Balaban J connectivity index is 1.15. The van der Waals surface area contributed by atoms with E-state index in [1.54, 1.807) is 6.92 Å². The average molecular weight is 486 g/mol. The van der Waals surface area contributed by atoms with E-state index in [-0.39, 0.29) is 18.1 Å². The molecule has 186 valence electrons. The molecule has 5 N–H and O–H groups in total. The Hall–Kier alpha value is -4.04. The van der Waals surface area contributed by atoms with Gasteiger partial charge in [-0.05, 0) is 67.8 Å². The number of nitrogens with two attached hydrogens (primary N) is 1. The Morgan fingerprint density at radius 3 is 2.44 bits per heavy atom. The zero-order valence-electron chi connectivity index (χ0n) is 20.7. The van der Waals surface area contributed by atoms with E-state index >= 15 is 0 Å². The van der Waals surface area contributed by atoms with Crippen LogP contribution in [0.25, 0.3) is 0 Å². The highest BCUT2D eigenvalue weighted by Gasteiger charge is 2.23. The highest BCUT2D eigenvalue weighted by molar-refractivity contribution is 5.98. The maximum Gasteiger partial charge on any atom is 0.265 e. The van der Waals surface area contributed by atoms with Crippen molar-refractivity contribution in [3.05, 3.63) is 77.4 Å². The molecule has 2 aliphatic heterocycles. The number of carbonyl (C=O) groups is 1. The van der Waals surface area contributed by atoms with Gasteiger partial charge >= 0.3 is 0 Å². The van der Waals surface area contributed by atoms with E-state index in [9.17, 15) is 4.79 Å². The van der Waals surface area contributed by atoms with E-state index in [4.69, 9.17) is 15.2 Å². The largest absolute Gasteiger partial charge is 0.481 e. The Morgan fingerprint density at radius 1 is 0.944 bits per heavy atom. The molecule has 0 fully saturated rings. The maximum atomic E-state index is 11.9. The molecule has 0 spiro atoms. The number of rotatable bonds is 7. The van der Waals surface area contributed by atoms with Crippen molar-refractivity contribution in [3.8, 4) is 11.5 Å². The van der Waals surface area contributed by atoms with Gasteiger partial charge < -0.3 is 31.2 Å². The van der Waals surface area contributed by atoms with Crippen molar-refractivity contribution in [1.29, 1.82) is 0 Å². The first-order valence-electron chi connectivity index (χ1n) is 12.2. The molecule has 3 aromatic carbocycles. The van der Waals surface area contributed by atoms with Gasteiger partial charge in [-0.15, -0.1) is 0 Å². The summed E-state index contributed by atoms with van der Waals surface area (Å²) < 4.78 is 11.4. The fraction of sp³-hybridized carbons (Fsp3) is 0.286. The molecule has 1 amide bonds. The lowest BCUT2D eigenvalue weighted by molar-refractivity contribution is -0.122. The molecule has 3 aromatic rings. The number of fused-ring (bicyclic) bond motifs is 2. The summed E-state index contributed by atoms with van der Waals surface area (Å²) in [6.45, 7) is 7.21. The minimum atomic E-state index is -0.478. The molecule has 2 heterocycles. The number of ether oxygens (including phenoxy) is 2. The SMILES string of the molecule is CC1Oc2ccc(NC(C)c3ccc(CNCc4ccc5c(c4)N=C(N)C(C)O5)cc3)cc2NC1=O. The van der Waals surface area contributed by atoms with Crippen molar-refractivity contribution in [2.45, 2.75) is 52.1 Å². The molecular weight excluding hydrogens is 454 g/mol. The first kappa shape index (κ1) is 23.7. The van der Waals surface area contributed by atoms with Crippen LogP contribution in [0.15, 0.2) is 65.7 Å². The molecule has 0 saturated heterocycles. The van der Waals surface area contributed by atoms with Crippen molar-refractivity contribution < 1.29 is 14.3 Å². The topological polar surface area (TPSA) is 110 Å². The second kappa shape index (κ2) is 9.91. The number of hydrogen-bond donors (Lipinski definition) is 4. The summed E-state index contributed by atoms with van der Waals surface area (Å²) in [5.74, 6) is 1.82. The van der Waals surface area contributed by atoms with E-state index < -0.39 is 6.10 Å². The van der Waals surface area contributed by atoms with Crippen LogP contribution >= 0.6 is 0 Å². The lowest BCUT2D eigenvalue weighted by Crippen LogP contribution is -2.34. The van der Waals surface area contributed by atoms with Crippen LogP contribution in [0.4, 0.5) is 17.1 Å². The highest BCUT2D eigenvalue weighted by Crippen LogP contribution is 2.34. The molecular formula is C28H31N5O3. The van der Waals surface area contributed by atoms with Gasteiger partial charge in [0.2, 0.25) is 0 Å². The summed E-state index contributed by atoms with van der Waals surface area (Å²) >= 11 is 0. The van der Waals surface area contributed by atoms with E-state index in [2.05, 4.69) is 52.1 Å². The molecule has 0 radical (unpaired) electrons. The average Bonchev–Trinajstić information content (AvgIpc) is 2.86. The normalized spacial score (nSPS) is 19.1. The fourth-order valence-electron chi connectivity index (χ4n) is 4.25. The van der Waals surface area contributed by atoms with Gasteiger partial charge in [0.15, 0.2) is 12.2 Å². The quantitative estimate of drug-likeness (QED) is 0.388. The van der Waals surface area contributed by atoms with Crippen LogP contribution in [-0.2, 0) is 17.9 Å². The fourth-order valence-corrected chi connectivity index (χ4v) is 4.25. The van der Waals surface area contributed by atoms with Gasteiger partial charge in [-0.2, -0.15) is 0 Å². The minimum Gasteiger partial charge on any atom is -0.481 e. The van der Waals surface area contributed by atoms with Crippen molar-refractivity contribution in [1.82, 2.24) is 5.32 Å². The summed E-state index contributed by atoms with van der Waals surface area (Å²) in [6.07, 6.45) is -0.671. The van der Waals surface area contributed by atoms with Gasteiger partial charge in [-0.3, -0.25) is 4.79 Å². The molecule has 5 rings (SSSR count). The Morgan fingerprint density at radius 2 is 1.64 bits per heavy atom. The monoisotopic (exact) mass is 485 g/mol. The maximum absolute atomic E-state index is 11.9. The Bertz CT molecular complexity index is 1310. The first-order valence-corrected chi connectivity index (χ1v) is 12.2. The molecule has 0 saturated carbocycles. The van der Waals surface area contributed by atoms with Gasteiger partial charge in [0.05, 0.1) is 5.69 Å². The second-order valence-electron chi connectivity index (χ2n) is 9.27. The summed E-state index contributed by atoms with van der Waals surface area (Å²) in [5, 5.41) is 9.87. The van der Waals surface area contributed by atoms with Crippen LogP contribution in [0, 0.1) is 0 Å². The zero-order valence-corrected chi connectivity index (χ0v) is 20.7. The molecule has 2 aliphatic rings. The highest BCUT2D eigenvalue weighted by atomic mass is 16.5. The third-order valence-corrected chi connectivity index (χ3v) is 6.42. The molecule has 0 aromatic heterocycles. The number of nitrogens with one attached hydrogen (secondary N) is 3. The smallest absolute Gasteiger partial charge is 0.265 e. The number of carbonyl (C=O) groups excluding carboxylic acids is 1. The summed E-state index contributed by atoms with van der Waals surface area (Å²) in [5.41, 5.74) is 11.8. The molecule has 3 unspecified atom stereocenters. The minimum absolute atomic E-state index is 0.0950. The molecule has 0 aliphatic carbocycles. The summed E-state index contributed by atoms with van der Waals surface area (Å²) in [6, 6.07) is 20.4. The predicted molar refractivity (Wildman–Crippen MR) is 142 cm³/mol. The van der Waals surface area contributed by atoms with Crippen molar-refractivity contribution >= 4 is 28.8 Å².